The van der Waals surface area contributed by atoms with Crippen LogP contribution in [-0.4, -0.2) is 22.9 Å². The Balaban J connectivity index is 2.15. The summed E-state index contributed by atoms with van der Waals surface area (Å²) in [6.45, 7) is 2.23. The average Bonchev–Trinajstić information content (AvgIpc) is 2.70. The van der Waals surface area contributed by atoms with Crippen LogP contribution in [0.3, 0.4) is 0 Å². The van der Waals surface area contributed by atoms with Gasteiger partial charge in [0.1, 0.15) is 12.4 Å². The predicted octanol–water partition coefficient (Wildman–Crippen LogP) is 2.44. The third-order valence-electron chi connectivity index (χ3n) is 3.06. The number of aryl methyl sites for hydroxylation is 2. The van der Waals surface area contributed by atoms with Crippen LogP contribution in [0.2, 0.25) is 0 Å². The van der Waals surface area contributed by atoms with E-state index in [1.165, 1.54) is 13.2 Å². The lowest BCUT2D eigenvalue weighted by molar-refractivity contribution is 0.0600. The maximum absolute atomic E-state index is 11.4. The number of hydrogen-bond donors (Lipinski definition) is 1. The molecule has 7 heteroatoms. The summed E-state index contributed by atoms with van der Waals surface area (Å²) in [6.07, 6.45) is 0. The van der Waals surface area contributed by atoms with Gasteiger partial charge in [-0.3, -0.25) is 4.68 Å². The summed E-state index contributed by atoms with van der Waals surface area (Å²) in [5, 5.41) is 4.29. The summed E-state index contributed by atoms with van der Waals surface area (Å²) in [4.78, 5) is 11.4. The predicted molar refractivity (Wildman–Crippen MR) is 82.2 cm³/mol. The molecule has 112 valence electrons. The van der Waals surface area contributed by atoms with E-state index in [0.717, 1.165) is 15.9 Å². The topological polar surface area (TPSA) is 79.4 Å². The third kappa shape index (κ3) is 3.18. The molecule has 0 unspecified atom stereocenters. The van der Waals surface area contributed by atoms with E-state index in [-0.39, 0.29) is 0 Å². The molecule has 6 nitrogen and oxygen atoms in total. The second-order valence-electron chi connectivity index (χ2n) is 4.50. The van der Waals surface area contributed by atoms with E-state index in [0.29, 0.717) is 23.6 Å². The summed E-state index contributed by atoms with van der Waals surface area (Å²) in [7, 11) is 3.17. The van der Waals surface area contributed by atoms with Gasteiger partial charge in [0.25, 0.3) is 0 Å². The number of nitrogens with zero attached hydrogens (tertiary/aromatic N) is 2. The first-order valence-electron chi connectivity index (χ1n) is 6.22. The number of carbonyl (C=O) groups is 1. The van der Waals surface area contributed by atoms with E-state index in [1.807, 2.05) is 14.0 Å². The van der Waals surface area contributed by atoms with Crippen LogP contribution >= 0.6 is 15.9 Å². The molecule has 0 aliphatic carbocycles. The largest absolute Gasteiger partial charge is 0.485 e. The number of aromatic nitrogens is 2. The molecule has 0 aliphatic heterocycles. The SMILES string of the molecule is COC(=O)c1ccc(OCc2c(Br)c(C)nn2C)c(N)c1. The zero-order chi connectivity index (χ0) is 15.6. The number of nitrogens with two attached hydrogens (primary N) is 1. The highest BCUT2D eigenvalue weighted by Gasteiger charge is 2.13. The number of ether oxygens (including phenoxy) is 2. The molecule has 1 aromatic carbocycles. The second-order valence-corrected chi connectivity index (χ2v) is 5.30. The molecule has 1 heterocycles. The number of carbonyl (C=O) groups excluding carboxylic acids is 1. The van der Waals surface area contributed by atoms with Crippen LogP contribution in [0.5, 0.6) is 5.75 Å². The van der Waals surface area contributed by atoms with Gasteiger partial charge in [0.15, 0.2) is 0 Å². The van der Waals surface area contributed by atoms with Crippen LogP contribution in [0.15, 0.2) is 22.7 Å². The van der Waals surface area contributed by atoms with Crippen molar-refractivity contribution in [1.29, 1.82) is 0 Å². The molecule has 21 heavy (non-hydrogen) atoms. The van der Waals surface area contributed by atoms with Crippen LogP contribution < -0.4 is 10.5 Å². The fourth-order valence-corrected chi connectivity index (χ4v) is 2.36. The van der Waals surface area contributed by atoms with E-state index in [2.05, 4.69) is 25.8 Å². The zero-order valence-electron chi connectivity index (χ0n) is 12.0. The zero-order valence-corrected chi connectivity index (χ0v) is 13.6. The van der Waals surface area contributed by atoms with Gasteiger partial charge < -0.3 is 15.2 Å². The molecule has 0 bridgehead atoms. The summed E-state index contributed by atoms with van der Waals surface area (Å²) >= 11 is 3.48. The quantitative estimate of drug-likeness (QED) is 0.674. The van der Waals surface area contributed by atoms with Gasteiger partial charge in [-0.15, -0.1) is 0 Å². The Kier molecular flexibility index (Phi) is 4.52. The second kappa shape index (κ2) is 6.17. The monoisotopic (exact) mass is 353 g/mol. The smallest absolute Gasteiger partial charge is 0.337 e. The van der Waals surface area contributed by atoms with Gasteiger partial charge in [0, 0.05) is 7.05 Å². The van der Waals surface area contributed by atoms with Crippen molar-refractivity contribution in [3.05, 3.63) is 39.6 Å². The maximum Gasteiger partial charge on any atom is 0.337 e. The summed E-state index contributed by atoms with van der Waals surface area (Å²) in [6, 6.07) is 4.80. The van der Waals surface area contributed by atoms with E-state index in [9.17, 15) is 4.79 Å². The summed E-state index contributed by atoms with van der Waals surface area (Å²) < 4.78 is 13.0. The van der Waals surface area contributed by atoms with Gasteiger partial charge >= 0.3 is 5.97 Å². The lowest BCUT2D eigenvalue weighted by Crippen LogP contribution is -2.06. The normalized spacial score (nSPS) is 10.5. The number of esters is 1. The van der Waals surface area contributed by atoms with Crippen molar-refractivity contribution in [2.45, 2.75) is 13.5 Å². The Bertz CT molecular complexity index is 682. The molecule has 2 N–H and O–H groups in total. The number of anilines is 1. The number of benzene rings is 1. The molecule has 0 fully saturated rings. The molecule has 0 aliphatic rings. The molecular weight excluding hydrogens is 338 g/mol. The standard InChI is InChI=1S/C14H16BrN3O3/c1-8-13(15)11(18(2)17-8)7-21-12-5-4-9(6-10(12)16)14(19)20-3/h4-6H,7,16H2,1-3H3. The maximum atomic E-state index is 11.4. The van der Waals surface area contributed by atoms with Gasteiger partial charge in [-0.1, -0.05) is 0 Å². The molecule has 0 saturated heterocycles. The number of halogens is 1. The van der Waals surface area contributed by atoms with Gasteiger partial charge in [-0.05, 0) is 41.1 Å². The minimum absolute atomic E-state index is 0.319. The van der Waals surface area contributed by atoms with Crippen LogP contribution in [0.4, 0.5) is 5.69 Å². The summed E-state index contributed by atoms with van der Waals surface area (Å²) in [5.74, 6) is 0.0756. The minimum Gasteiger partial charge on any atom is -0.485 e. The van der Waals surface area contributed by atoms with Crippen LogP contribution in [0.25, 0.3) is 0 Å². The average molecular weight is 354 g/mol. The van der Waals surface area contributed by atoms with Crippen molar-refractivity contribution in [2.75, 3.05) is 12.8 Å². The lowest BCUT2D eigenvalue weighted by Gasteiger charge is -2.10. The number of nitrogen functional groups attached to an aromatic ring is 1. The fourth-order valence-electron chi connectivity index (χ4n) is 1.91. The molecule has 0 saturated carbocycles. The molecular formula is C14H16BrN3O3. The van der Waals surface area contributed by atoms with Crippen molar-refractivity contribution in [3.63, 3.8) is 0 Å². The minimum atomic E-state index is -0.432. The van der Waals surface area contributed by atoms with Gasteiger partial charge in [-0.2, -0.15) is 5.10 Å². The van der Waals surface area contributed by atoms with E-state index < -0.39 is 5.97 Å². The Labute approximate surface area is 131 Å². The first-order valence-corrected chi connectivity index (χ1v) is 7.02. The molecule has 0 radical (unpaired) electrons. The third-order valence-corrected chi connectivity index (χ3v) is 4.09. The molecule has 0 amide bonds. The Morgan fingerprint density at radius 1 is 1.48 bits per heavy atom. The highest BCUT2D eigenvalue weighted by Crippen LogP contribution is 2.26. The van der Waals surface area contributed by atoms with E-state index >= 15 is 0 Å². The number of methoxy groups -OCH3 is 1. The van der Waals surface area contributed by atoms with E-state index in [1.54, 1.807) is 16.8 Å². The van der Waals surface area contributed by atoms with Crippen molar-refractivity contribution in [3.8, 4) is 5.75 Å². The lowest BCUT2D eigenvalue weighted by atomic mass is 10.2. The molecule has 2 rings (SSSR count). The van der Waals surface area contributed by atoms with Crippen LogP contribution in [-0.2, 0) is 18.4 Å². The Hall–Kier alpha value is -2.02. The Morgan fingerprint density at radius 3 is 2.71 bits per heavy atom. The van der Waals surface area contributed by atoms with Gasteiger partial charge in [-0.25, -0.2) is 4.79 Å². The van der Waals surface area contributed by atoms with Gasteiger partial charge in [0.2, 0.25) is 0 Å². The van der Waals surface area contributed by atoms with Gasteiger partial charge in [0.05, 0.1) is 34.2 Å². The molecule has 0 atom stereocenters. The first kappa shape index (κ1) is 15.4. The fraction of sp³-hybridized carbons (Fsp3) is 0.286. The molecule has 0 spiro atoms. The van der Waals surface area contributed by atoms with Crippen molar-refractivity contribution in [2.24, 2.45) is 7.05 Å². The van der Waals surface area contributed by atoms with Crippen molar-refractivity contribution in [1.82, 2.24) is 9.78 Å². The van der Waals surface area contributed by atoms with Crippen molar-refractivity contribution < 1.29 is 14.3 Å². The number of hydrogen-bond acceptors (Lipinski definition) is 5. The number of rotatable bonds is 4. The summed E-state index contributed by atoms with van der Waals surface area (Å²) in [5.41, 5.74) is 8.46. The molecule has 1 aromatic heterocycles. The first-order chi connectivity index (χ1) is 9.93. The van der Waals surface area contributed by atoms with Crippen LogP contribution in [0, 0.1) is 6.92 Å². The van der Waals surface area contributed by atoms with Crippen molar-refractivity contribution >= 4 is 27.6 Å². The highest BCUT2D eigenvalue weighted by atomic mass is 79.9. The highest BCUT2D eigenvalue weighted by molar-refractivity contribution is 9.10. The Morgan fingerprint density at radius 2 is 2.19 bits per heavy atom. The van der Waals surface area contributed by atoms with E-state index in [4.69, 9.17) is 10.5 Å². The molecule has 2 aromatic rings. The van der Waals surface area contributed by atoms with Crippen LogP contribution in [0.1, 0.15) is 21.7 Å².